The lowest BCUT2D eigenvalue weighted by Gasteiger charge is -2.26. The molecule has 3 nitrogen and oxygen atoms in total. The number of thioether (sulfide) groups is 1. The van der Waals surface area contributed by atoms with Crippen molar-refractivity contribution in [2.75, 3.05) is 32.1 Å². The summed E-state index contributed by atoms with van der Waals surface area (Å²) in [7, 11) is 2.12. The molecule has 0 aliphatic carbocycles. The quantitative estimate of drug-likeness (QED) is 0.820. The minimum atomic E-state index is 0.278. The van der Waals surface area contributed by atoms with Crippen molar-refractivity contribution in [3.05, 3.63) is 29.6 Å². The number of aryl methyl sites for hydroxylation is 1. The van der Waals surface area contributed by atoms with Crippen molar-refractivity contribution in [1.82, 2.24) is 9.88 Å². The highest BCUT2D eigenvalue weighted by molar-refractivity contribution is 7.98. The first-order valence-corrected chi connectivity index (χ1v) is 6.90. The van der Waals surface area contributed by atoms with Gasteiger partial charge in [-0.05, 0) is 31.9 Å². The number of pyridine rings is 1. The van der Waals surface area contributed by atoms with Gasteiger partial charge < -0.3 is 5.73 Å². The number of rotatable bonds is 6. The van der Waals surface area contributed by atoms with Crippen LogP contribution in [0.2, 0.25) is 0 Å². The maximum absolute atomic E-state index is 5.84. The van der Waals surface area contributed by atoms with E-state index in [1.807, 2.05) is 30.9 Å². The smallest absolute Gasteiger partial charge is 0.0482 e. The number of likely N-dealkylation sites (N-methyl/N-ethyl adjacent to an activating group) is 1. The van der Waals surface area contributed by atoms with Crippen LogP contribution >= 0.6 is 11.8 Å². The molecule has 4 heteroatoms. The van der Waals surface area contributed by atoms with Crippen LogP contribution in [0.15, 0.2) is 18.3 Å². The molecule has 16 heavy (non-hydrogen) atoms. The Hall–Kier alpha value is -0.580. The van der Waals surface area contributed by atoms with Gasteiger partial charge in [-0.1, -0.05) is 6.07 Å². The van der Waals surface area contributed by atoms with Gasteiger partial charge in [0.05, 0.1) is 0 Å². The molecule has 1 unspecified atom stereocenters. The molecule has 0 spiro atoms. The van der Waals surface area contributed by atoms with Gasteiger partial charge in [0.25, 0.3) is 0 Å². The van der Waals surface area contributed by atoms with Gasteiger partial charge >= 0.3 is 0 Å². The first-order chi connectivity index (χ1) is 7.69. The minimum absolute atomic E-state index is 0.278. The van der Waals surface area contributed by atoms with E-state index in [4.69, 9.17) is 5.73 Å². The summed E-state index contributed by atoms with van der Waals surface area (Å²) in [5.41, 5.74) is 8.09. The van der Waals surface area contributed by atoms with E-state index < -0.39 is 0 Å². The lowest BCUT2D eigenvalue weighted by atomic mass is 10.1. The molecule has 0 saturated heterocycles. The number of nitrogens with two attached hydrogens (primary N) is 1. The highest BCUT2D eigenvalue weighted by atomic mass is 32.2. The predicted molar refractivity (Wildman–Crippen MR) is 71.8 cm³/mol. The maximum Gasteiger partial charge on any atom is 0.0482 e. The van der Waals surface area contributed by atoms with Crippen LogP contribution in [0.25, 0.3) is 0 Å². The van der Waals surface area contributed by atoms with E-state index in [1.54, 1.807) is 0 Å². The second-order valence-electron chi connectivity index (χ2n) is 3.96. The van der Waals surface area contributed by atoms with Crippen molar-refractivity contribution < 1.29 is 0 Å². The molecular formula is C12H21N3S. The van der Waals surface area contributed by atoms with Crippen molar-refractivity contribution in [2.24, 2.45) is 5.73 Å². The third kappa shape index (κ3) is 3.77. The van der Waals surface area contributed by atoms with Gasteiger partial charge in [0.2, 0.25) is 0 Å². The fourth-order valence-electron chi connectivity index (χ4n) is 1.64. The van der Waals surface area contributed by atoms with E-state index in [0.29, 0.717) is 6.54 Å². The second kappa shape index (κ2) is 6.89. The summed E-state index contributed by atoms with van der Waals surface area (Å²) in [5.74, 6) is 1.13. The third-order valence-electron chi connectivity index (χ3n) is 2.72. The molecule has 0 aliphatic rings. The molecule has 0 bridgehead atoms. The summed E-state index contributed by atoms with van der Waals surface area (Å²) in [5, 5.41) is 0. The Kier molecular flexibility index (Phi) is 5.80. The Morgan fingerprint density at radius 3 is 2.75 bits per heavy atom. The topological polar surface area (TPSA) is 42.1 Å². The Labute approximate surface area is 102 Å². The van der Waals surface area contributed by atoms with Crippen molar-refractivity contribution in [3.8, 4) is 0 Å². The molecule has 1 aromatic heterocycles. The van der Waals surface area contributed by atoms with E-state index in [2.05, 4.69) is 29.3 Å². The summed E-state index contributed by atoms with van der Waals surface area (Å²) in [6, 6.07) is 4.44. The SMILES string of the molecule is CSCCN(C)C(CN)c1ccc(C)nc1. The first-order valence-electron chi connectivity index (χ1n) is 5.50. The van der Waals surface area contributed by atoms with Crippen molar-refractivity contribution in [3.63, 3.8) is 0 Å². The van der Waals surface area contributed by atoms with Crippen LogP contribution < -0.4 is 5.73 Å². The first kappa shape index (κ1) is 13.5. The molecular weight excluding hydrogens is 218 g/mol. The second-order valence-corrected chi connectivity index (χ2v) is 4.94. The lowest BCUT2D eigenvalue weighted by molar-refractivity contribution is 0.265. The largest absolute Gasteiger partial charge is 0.329 e. The zero-order valence-electron chi connectivity index (χ0n) is 10.3. The van der Waals surface area contributed by atoms with Crippen LogP contribution in [0.3, 0.4) is 0 Å². The molecule has 90 valence electrons. The van der Waals surface area contributed by atoms with Crippen LogP contribution in [-0.2, 0) is 0 Å². The Bertz CT molecular complexity index is 300. The molecule has 0 aliphatic heterocycles. The highest BCUT2D eigenvalue weighted by Gasteiger charge is 2.14. The Balaban J connectivity index is 2.69. The fraction of sp³-hybridized carbons (Fsp3) is 0.583. The Morgan fingerprint density at radius 1 is 1.50 bits per heavy atom. The molecule has 0 radical (unpaired) electrons. The van der Waals surface area contributed by atoms with Crippen molar-refractivity contribution in [2.45, 2.75) is 13.0 Å². The van der Waals surface area contributed by atoms with Crippen molar-refractivity contribution >= 4 is 11.8 Å². The summed E-state index contributed by atoms with van der Waals surface area (Å²) in [6.45, 7) is 3.69. The number of hydrogen-bond donors (Lipinski definition) is 1. The van der Waals surface area contributed by atoms with Crippen LogP contribution in [0.5, 0.6) is 0 Å². The van der Waals surface area contributed by atoms with Gasteiger partial charge in [0.15, 0.2) is 0 Å². The summed E-state index contributed by atoms with van der Waals surface area (Å²) in [4.78, 5) is 6.62. The maximum atomic E-state index is 5.84. The van der Waals surface area contributed by atoms with Gasteiger partial charge in [0.1, 0.15) is 0 Å². The average molecular weight is 239 g/mol. The van der Waals surface area contributed by atoms with E-state index in [-0.39, 0.29) is 6.04 Å². The standard InChI is InChI=1S/C12H21N3S/c1-10-4-5-11(9-14-10)12(8-13)15(2)6-7-16-3/h4-5,9,12H,6-8,13H2,1-3H3. The number of hydrogen-bond acceptors (Lipinski definition) is 4. The van der Waals surface area contributed by atoms with Gasteiger partial charge in [-0.2, -0.15) is 11.8 Å². The van der Waals surface area contributed by atoms with Gasteiger partial charge in [-0.25, -0.2) is 0 Å². The molecule has 0 fully saturated rings. The number of nitrogens with zero attached hydrogens (tertiary/aromatic N) is 2. The van der Waals surface area contributed by atoms with E-state index in [9.17, 15) is 0 Å². The normalized spacial score (nSPS) is 13.1. The molecule has 1 aromatic rings. The number of aromatic nitrogens is 1. The van der Waals surface area contributed by atoms with Gasteiger partial charge in [0, 0.05) is 36.8 Å². The summed E-state index contributed by atoms with van der Waals surface area (Å²) >= 11 is 1.86. The van der Waals surface area contributed by atoms with Crippen LogP contribution in [0, 0.1) is 6.92 Å². The molecule has 0 amide bonds. The molecule has 2 N–H and O–H groups in total. The minimum Gasteiger partial charge on any atom is -0.329 e. The molecule has 1 rings (SSSR count). The molecule has 1 heterocycles. The summed E-state index contributed by atoms with van der Waals surface area (Å²) < 4.78 is 0. The highest BCUT2D eigenvalue weighted by Crippen LogP contribution is 2.17. The zero-order valence-corrected chi connectivity index (χ0v) is 11.1. The summed E-state index contributed by atoms with van der Waals surface area (Å²) in [6.07, 6.45) is 4.06. The van der Waals surface area contributed by atoms with E-state index >= 15 is 0 Å². The van der Waals surface area contributed by atoms with Gasteiger partial charge in [-0.15, -0.1) is 0 Å². The molecule has 0 saturated carbocycles. The van der Waals surface area contributed by atoms with Crippen molar-refractivity contribution in [1.29, 1.82) is 0 Å². The van der Waals surface area contributed by atoms with Crippen LogP contribution in [0.1, 0.15) is 17.3 Å². The van der Waals surface area contributed by atoms with E-state index in [1.165, 1.54) is 5.56 Å². The molecule has 1 atom stereocenters. The predicted octanol–water partition coefficient (Wildman–Crippen LogP) is 1.68. The average Bonchev–Trinajstić information content (AvgIpc) is 2.30. The zero-order chi connectivity index (χ0) is 12.0. The Morgan fingerprint density at radius 2 is 2.25 bits per heavy atom. The fourth-order valence-corrected chi connectivity index (χ4v) is 2.11. The lowest BCUT2D eigenvalue weighted by Crippen LogP contribution is -2.32. The van der Waals surface area contributed by atoms with Crippen LogP contribution in [-0.4, -0.2) is 42.0 Å². The monoisotopic (exact) mass is 239 g/mol. The van der Waals surface area contributed by atoms with E-state index in [0.717, 1.165) is 18.0 Å². The van der Waals surface area contributed by atoms with Gasteiger partial charge in [-0.3, -0.25) is 9.88 Å². The van der Waals surface area contributed by atoms with Crippen LogP contribution in [0.4, 0.5) is 0 Å². The molecule has 0 aromatic carbocycles. The third-order valence-corrected chi connectivity index (χ3v) is 3.31.